The Kier molecular flexibility index (Phi) is 4.39. The van der Waals surface area contributed by atoms with Crippen LogP contribution in [-0.2, 0) is 4.79 Å². The smallest absolute Gasteiger partial charge is 0.257 e. The lowest BCUT2D eigenvalue weighted by molar-refractivity contribution is -0.110. The van der Waals surface area contributed by atoms with Gasteiger partial charge in [0, 0.05) is 34.7 Å². The maximum absolute atomic E-state index is 12.3. The van der Waals surface area contributed by atoms with Crippen LogP contribution in [0.2, 0.25) is 5.02 Å². The van der Waals surface area contributed by atoms with Crippen molar-refractivity contribution < 1.29 is 4.79 Å². The number of halogens is 1. The number of hydrogen-bond acceptors (Lipinski definition) is 2. The van der Waals surface area contributed by atoms with E-state index in [9.17, 15) is 4.79 Å². The van der Waals surface area contributed by atoms with Crippen molar-refractivity contribution in [3.8, 4) is 0 Å². The van der Waals surface area contributed by atoms with E-state index in [4.69, 9.17) is 11.6 Å². The number of benzene rings is 2. The van der Waals surface area contributed by atoms with Gasteiger partial charge >= 0.3 is 0 Å². The molecule has 0 radical (unpaired) electrons. The zero-order valence-corrected chi connectivity index (χ0v) is 14.0. The van der Waals surface area contributed by atoms with Crippen molar-refractivity contribution >= 4 is 34.5 Å². The Morgan fingerprint density at radius 3 is 2.61 bits per heavy atom. The molecule has 0 bridgehead atoms. The molecule has 2 aromatic rings. The highest BCUT2D eigenvalue weighted by molar-refractivity contribution is 6.34. The highest BCUT2D eigenvalue weighted by Gasteiger charge is 2.25. The van der Waals surface area contributed by atoms with Crippen LogP contribution in [0.3, 0.4) is 0 Å². The van der Waals surface area contributed by atoms with E-state index in [-0.39, 0.29) is 5.91 Å². The summed E-state index contributed by atoms with van der Waals surface area (Å²) in [5, 5.41) is 3.52. The Morgan fingerprint density at radius 1 is 1.17 bits per heavy atom. The van der Waals surface area contributed by atoms with Crippen molar-refractivity contribution in [2.75, 3.05) is 16.8 Å². The highest BCUT2D eigenvalue weighted by Crippen LogP contribution is 2.34. The summed E-state index contributed by atoms with van der Waals surface area (Å²) in [5.74, 6) is 0.377. The molecular formula is C19H19ClN2O. The summed E-state index contributed by atoms with van der Waals surface area (Å²) in [7, 11) is 0. The number of para-hydroxylation sites is 1. The highest BCUT2D eigenvalue weighted by atomic mass is 35.5. The van der Waals surface area contributed by atoms with Gasteiger partial charge in [-0.2, -0.15) is 0 Å². The van der Waals surface area contributed by atoms with Crippen LogP contribution in [0.1, 0.15) is 19.4 Å². The van der Waals surface area contributed by atoms with Gasteiger partial charge in [-0.05, 0) is 36.2 Å². The maximum atomic E-state index is 12.3. The normalized spacial score (nSPS) is 15.0. The predicted octanol–water partition coefficient (Wildman–Crippen LogP) is 4.80. The van der Waals surface area contributed by atoms with Gasteiger partial charge in [-0.25, -0.2) is 0 Å². The second-order valence-electron chi connectivity index (χ2n) is 6.07. The zero-order chi connectivity index (χ0) is 16.4. The van der Waals surface area contributed by atoms with Crippen molar-refractivity contribution in [2.24, 2.45) is 5.92 Å². The van der Waals surface area contributed by atoms with Crippen LogP contribution in [0.4, 0.5) is 11.4 Å². The molecule has 1 amide bonds. The van der Waals surface area contributed by atoms with E-state index < -0.39 is 0 Å². The molecule has 23 heavy (non-hydrogen) atoms. The van der Waals surface area contributed by atoms with Crippen LogP contribution in [0, 0.1) is 5.92 Å². The van der Waals surface area contributed by atoms with E-state index >= 15 is 0 Å². The van der Waals surface area contributed by atoms with Crippen molar-refractivity contribution in [2.45, 2.75) is 13.8 Å². The first kappa shape index (κ1) is 15.6. The van der Waals surface area contributed by atoms with Gasteiger partial charge in [-0.15, -0.1) is 0 Å². The molecule has 1 aliphatic rings. The first-order chi connectivity index (χ1) is 11.0. The number of hydrogen-bond donors (Lipinski definition) is 1. The largest absolute Gasteiger partial charge is 0.347 e. The number of rotatable bonds is 4. The van der Waals surface area contributed by atoms with E-state index in [1.165, 1.54) is 0 Å². The number of carbonyl (C=O) groups excluding carboxylic acids is 1. The van der Waals surface area contributed by atoms with E-state index in [0.29, 0.717) is 16.5 Å². The monoisotopic (exact) mass is 326 g/mol. The Labute approximate surface area is 141 Å². The lowest BCUT2D eigenvalue weighted by atomic mass is 10.1. The molecule has 3 rings (SSSR count). The molecule has 0 spiro atoms. The van der Waals surface area contributed by atoms with Gasteiger partial charge in [-0.1, -0.05) is 43.6 Å². The van der Waals surface area contributed by atoms with Crippen LogP contribution in [0.15, 0.2) is 54.7 Å². The van der Waals surface area contributed by atoms with Crippen molar-refractivity contribution in [3.05, 3.63) is 65.3 Å². The second kappa shape index (κ2) is 6.47. The number of carbonyl (C=O) groups is 1. The van der Waals surface area contributed by atoms with Crippen molar-refractivity contribution in [3.63, 3.8) is 0 Å². The van der Waals surface area contributed by atoms with Crippen LogP contribution in [-0.4, -0.2) is 12.5 Å². The molecule has 1 aliphatic heterocycles. The average molecular weight is 327 g/mol. The standard InChI is InChI=1S/C19H19ClN2O/c1-13(2)11-22(15-6-4-3-5-7-15)12-17-16-10-14(20)8-9-18(16)21-19(17)23/h3-10,12-13H,11H2,1-2H3,(H,21,23). The zero-order valence-electron chi connectivity index (χ0n) is 13.2. The fraction of sp³-hybridized carbons (Fsp3) is 0.211. The number of nitrogens with one attached hydrogen (secondary N) is 1. The van der Waals surface area contributed by atoms with Crippen molar-refractivity contribution in [1.82, 2.24) is 0 Å². The molecule has 0 atom stereocenters. The molecule has 0 fully saturated rings. The van der Waals surface area contributed by atoms with E-state index in [1.807, 2.05) is 48.7 Å². The fourth-order valence-electron chi connectivity index (χ4n) is 2.69. The van der Waals surface area contributed by atoms with Crippen LogP contribution < -0.4 is 10.2 Å². The third kappa shape index (κ3) is 3.40. The number of nitrogens with zero attached hydrogens (tertiary/aromatic N) is 1. The van der Waals surface area contributed by atoms with Gasteiger partial charge in [0.25, 0.3) is 5.91 Å². The fourth-order valence-corrected chi connectivity index (χ4v) is 2.86. The minimum Gasteiger partial charge on any atom is -0.347 e. The Bertz CT molecular complexity index is 753. The Hall–Kier alpha value is -2.26. The summed E-state index contributed by atoms with van der Waals surface area (Å²) in [6.07, 6.45) is 1.92. The van der Waals surface area contributed by atoms with E-state index in [0.717, 1.165) is 23.5 Å². The third-order valence-electron chi connectivity index (χ3n) is 3.70. The van der Waals surface area contributed by atoms with E-state index in [1.54, 1.807) is 6.07 Å². The minimum atomic E-state index is -0.0908. The van der Waals surface area contributed by atoms with Gasteiger partial charge < -0.3 is 10.2 Å². The van der Waals surface area contributed by atoms with Gasteiger partial charge in [0.1, 0.15) is 0 Å². The molecule has 1 N–H and O–H groups in total. The van der Waals surface area contributed by atoms with Gasteiger partial charge in [0.2, 0.25) is 0 Å². The summed E-state index contributed by atoms with van der Waals surface area (Å²) >= 11 is 6.09. The van der Waals surface area contributed by atoms with Gasteiger partial charge in [0.15, 0.2) is 0 Å². The molecule has 2 aromatic carbocycles. The quantitative estimate of drug-likeness (QED) is 0.819. The minimum absolute atomic E-state index is 0.0908. The molecule has 1 heterocycles. The third-order valence-corrected chi connectivity index (χ3v) is 3.93. The van der Waals surface area contributed by atoms with Crippen molar-refractivity contribution in [1.29, 1.82) is 0 Å². The predicted molar refractivity (Wildman–Crippen MR) is 96.7 cm³/mol. The Balaban J connectivity index is 2.03. The topological polar surface area (TPSA) is 32.3 Å². The molecule has 0 aliphatic carbocycles. The SMILES string of the molecule is CC(C)CN(C=C1C(=O)Nc2ccc(Cl)cc21)c1ccccc1. The van der Waals surface area contributed by atoms with Gasteiger partial charge in [0.05, 0.1) is 5.57 Å². The molecule has 118 valence electrons. The molecule has 0 unspecified atom stereocenters. The summed E-state index contributed by atoms with van der Waals surface area (Å²) < 4.78 is 0. The molecule has 0 aromatic heterocycles. The summed E-state index contributed by atoms with van der Waals surface area (Å²) in [4.78, 5) is 14.5. The lowest BCUT2D eigenvalue weighted by Gasteiger charge is -2.23. The summed E-state index contributed by atoms with van der Waals surface area (Å²) in [6.45, 7) is 5.15. The first-order valence-corrected chi connectivity index (χ1v) is 8.07. The summed E-state index contributed by atoms with van der Waals surface area (Å²) in [5.41, 5.74) is 3.37. The summed E-state index contributed by atoms with van der Waals surface area (Å²) in [6, 6.07) is 15.5. The van der Waals surface area contributed by atoms with Gasteiger partial charge in [-0.3, -0.25) is 4.79 Å². The second-order valence-corrected chi connectivity index (χ2v) is 6.50. The molecule has 0 saturated carbocycles. The number of fused-ring (bicyclic) bond motifs is 1. The number of amides is 1. The first-order valence-electron chi connectivity index (χ1n) is 7.69. The van der Waals surface area contributed by atoms with E-state index in [2.05, 4.69) is 24.1 Å². The molecule has 3 nitrogen and oxygen atoms in total. The van der Waals surface area contributed by atoms with Crippen LogP contribution in [0.5, 0.6) is 0 Å². The van der Waals surface area contributed by atoms with Crippen LogP contribution >= 0.6 is 11.6 Å². The average Bonchev–Trinajstić information content (AvgIpc) is 2.83. The Morgan fingerprint density at radius 2 is 1.91 bits per heavy atom. The molecule has 4 heteroatoms. The number of anilines is 2. The van der Waals surface area contributed by atoms with Crippen LogP contribution in [0.25, 0.3) is 5.57 Å². The lowest BCUT2D eigenvalue weighted by Crippen LogP contribution is -2.23. The molecular weight excluding hydrogens is 308 g/mol. The maximum Gasteiger partial charge on any atom is 0.257 e. The molecule has 0 saturated heterocycles.